The molecule has 0 amide bonds. The number of pyridine rings is 1. The van der Waals surface area contributed by atoms with E-state index in [0.717, 1.165) is 23.4 Å². The lowest BCUT2D eigenvalue weighted by molar-refractivity contribution is 0.936. The zero-order valence-corrected chi connectivity index (χ0v) is 13.9. The molecule has 0 fully saturated rings. The van der Waals surface area contributed by atoms with Gasteiger partial charge in [-0.25, -0.2) is 9.97 Å². The van der Waals surface area contributed by atoms with Crippen molar-refractivity contribution in [1.82, 2.24) is 20.3 Å². The fraction of sp³-hybridized carbons (Fsp3) is 0.158. The van der Waals surface area contributed by atoms with Crippen molar-refractivity contribution in [3.63, 3.8) is 0 Å². The summed E-state index contributed by atoms with van der Waals surface area (Å²) in [6.07, 6.45) is 11.7. The maximum absolute atomic E-state index is 9.58. The first-order chi connectivity index (χ1) is 12.3. The minimum Gasteiger partial charge on any atom is -0.361 e. The van der Waals surface area contributed by atoms with Crippen molar-refractivity contribution < 1.29 is 0 Å². The van der Waals surface area contributed by atoms with Crippen LogP contribution in [0.25, 0.3) is 5.57 Å². The molecule has 0 bridgehead atoms. The number of aryl methyl sites for hydroxylation is 1. The van der Waals surface area contributed by atoms with E-state index in [9.17, 15) is 5.26 Å². The number of nitrogens with one attached hydrogen (secondary N) is 2. The highest BCUT2D eigenvalue weighted by Gasteiger charge is 2.13. The molecule has 3 rings (SSSR count). The summed E-state index contributed by atoms with van der Waals surface area (Å²) in [5.41, 5.74) is 3.70. The van der Waals surface area contributed by atoms with Crippen molar-refractivity contribution in [2.75, 3.05) is 11.9 Å². The summed E-state index contributed by atoms with van der Waals surface area (Å²) >= 11 is 0. The molecular formula is C19H18N6. The monoisotopic (exact) mass is 330 g/mol. The number of hydrogen-bond donors (Lipinski definition) is 2. The predicted octanol–water partition coefficient (Wildman–Crippen LogP) is 2.74. The van der Waals surface area contributed by atoms with Gasteiger partial charge >= 0.3 is 0 Å². The van der Waals surface area contributed by atoms with E-state index in [1.165, 1.54) is 0 Å². The Balaban J connectivity index is 1.77. The van der Waals surface area contributed by atoms with Crippen molar-refractivity contribution in [3.05, 3.63) is 77.7 Å². The van der Waals surface area contributed by atoms with Gasteiger partial charge in [-0.15, -0.1) is 0 Å². The second-order valence-electron chi connectivity index (χ2n) is 5.49. The zero-order chi connectivity index (χ0) is 17.5. The number of dihydropyridines is 1. The van der Waals surface area contributed by atoms with Gasteiger partial charge in [0.05, 0.1) is 11.4 Å². The maximum Gasteiger partial charge on any atom is 0.223 e. The third kappa shape index (κ3) is 4.09. The van der Waals surface area contributed by atoms with Gasteiger partial charge in [0.15, 0.2) is 0 Å². The summed E-state index contributed by atoms with van der Waals surface area (Å²) in [4.78, 5) is 13.1. The quantitative estimate of drug-likeness (QED) is 0.820. The Bertz CT molecular complexity index is 875. The van der Waals surface area contributed by atoms with Crippen LogP contribution >= 0.6 is 0 Å². The van der Waals surface area contributed by atoms with Gasteiger partial charge in [0.2, 0.25) is 5.95 Å². The third-order valence-corrected chi connectivity index (χ3v) is 3.69. The fourth-order valence-electron chi connectivity index (χ4n) is 2.42. The molecule has 0 radical (unpaired) electrons. The van der Waals surface area contributed by atoms with Crippen molar-refractivity contribution in [3.8, 4) is 6.07 Å². The molecule has 6 nitrogen and oxygen atoms in total. The SMILES string of the molecule is Cc1cnc(NCCc2ccccn2)nc1/C(C#N)=C1/C=CC=CN1. The number of nitriles is 1. The number of nitrogens with zero attached hydrogens (tertiary/aromatic N) is 4. The number of aromatic nitrogens is 3. The van der Waals surface area contributed by atoms with Crippen LogP contribution in [0.3, 0.4) is 0 Å². The molecule has 0 spiro atoms. The fourth-order valence-corrected chi connectivity index (χ4v) is 2.42. The molecule has 124 valence electrons. The smallest absolute Gasteiger partial charge is 0.223 e. The Hall–Kier alpha value is -3.46. The molecule has 0 saturated carbocycles. The summed E-state index contributed by atoms with van der Waals surface area (Å²) in [5.74, 6) is 0.500. The van der Waals surface area contributed by atoms with Crippen molar-refractivity contribution >= 4 is 11.5 Å². The minimum atomic E-state index is 0.494. The summed E-state index contributed by atoms with van der Waals surface area (Å²) in [7, 11) is 0. The first-order valence-electron chi connectivity index (χ1n) is 8.00. The normalized spacial score (nSPS) is 14.6. The van der Waals surface area contributed by atoms with E-state index in [0.29, 0.717) is 23.8 Å². The molecule has 0 saturated heterocycles. The van der Waals surface area contributed by atoms with E-state index >= 15 is 0 Å². The molecule has 25 heavy (non-hydrogen) atoms. The van der Waals surface area contributed by atoms with E-state index < -0.39 is 0 Å². The van der Waals surface area contributed by atoms with Crippen molar-refractivity contribution in [2.24, 2.45) is 0 Å². The van der Waals surface area contributed by atoms with E-state index in [4.69, 9.17) is 0 Å². The van der Waals surface area contributed by atoms with Gasteiger partial charge in [-0.05, 0) is 36.8 Å². The second kappa shape index (κ2) is 7.88. The lowest BCUT2D eigenvalue weighted by Crippen LogP contribution is -2.12. The van der Waals surface area contributed by atoms with Crippen LogP contribution in [0, 0.1) is 18.3 Å². The predicted molar refractivity (Wildman–Crippen MR) is 97.1 cm³/mol. The molecule has 0 aliphatic carbocycles. The van der Waals surface area contributed by atoms with E-state index in [1.807, 2.05) is 43.4 Å². The largest absolute Gasteiger partial charge is 0.361 e. The lowest BCUT2D eigenvalue weighted by Gasteiger charge is -2.12. The molecule has 6 heteroatoms. The Kier molecular flexibility index (Phi) is 5.17. The van der Waals surface area contributed by atoms with Gasteiger partial charge in [0, 0.05) is 37.3 Å². The second-order valence-corrected chi connectivity index (χ2v) is 5.49. The summed E-state index contributed by atoms with van der Waals surface area (Å²) in [6, 6.07) is 8.08. The summed E-state index contributed by atoms with van der Waals surface area (Å²) < 4.78 is 0. The van der Waals surface area contributed by atoms with Crippen LogP contribution in [0.1, 0.15) is 17.0 Å². The highest BCUT2D eigenvalue weighted by molar-refractivity contribution is 5.80. The van der Waals surface area contributed by atoms with Crippen LogP contribution in [0.4, 0.5) is 5.95 Å². The van der Waals surface area contributed by atoms with Crippen LogP contribution in [-0.2, 0) is 6.42 Å². The summed E-state index contributed by atoms with van der Waals surface area (Å²) in [5, 5.41) is 15.9. The Labute approximate surface area is 146 Å². The molecule has 1 aliphatic heterocycles. The van der Waals surface area contributed by atoms with Gasteiger partial charge in [-0.3, -0.25) is 4.98 Å². The van der Waals surface area contributed by atoms with Gasteiger partial charge in [0.25, 0.3) is 0 Å². The number of allylic oxidation sites excluding steroid dienone is 4. The van der Waals surface area contributed by atoms with Crippen LogP contribution < -0.4 is 10.6 Å². The number of hydrogen-bond acceptors (Lipinski definition) is 6. The molecule has 0 atom stereocenters. The first kappa shape index (κ1) is 16.4. The number of anilines is 1. The van der Waals surface area contributed by atoms with E-state index in [2.05, 4.69) is 31.7 Å². The van der Waals surface area contributed by atoms with Crippen LogP contribution in [0.2, 0.25) is 0 Å². The van der Waals surface area contributed by atoms with Crippen LogP contribution in [-0.4, -0.2) is 21.5 Å². The van der Waals surface area contributed by atoms with Crippen LogP contribution in [0.5, 0.6) is 0 Å². The third-order valence-electron chi connectivity index (χ3n) is 3.69. The van der Waals surface area contributed by atoms with Gasteiger partial charge in [-0.2, -0.15) is 5.26 Å². The van der Waals surface area contributed by atoms with E-state index in [-0.39, 0.29) is 0 Å². The molecule has 2 aromatic heterocycles. The molecular weight excluding hydrogens is 312 g/mol. The Morgan fingerprint density at radius 1 is 1.28 bits per heavy atom. The topological polar surface area (TPSA) is 86.5 Å². The van der Waals surface area contributed by atoms with Gasteiger partial charge in [-0.1, -0.05) is 12.1 Å². The van der Waals surface area contributed by atoms with Crippen molar-refractivity contribution in [1.29, 1.82) is 5.26 Å². The molecule has 2 aromatic rings. The minimum absolute atomic E-state index is 0.494. The zero-order valence-electron chi connectivity index (χ0n) is 13.9. The average Bonchev–Trinajstić information content (AvgIpc) is 2.66. The highest BCUT2D eigenvalue weighted by Crippen LogP contribution is 2.21. The molecule has 2 N–H and O–H groups in total. The molecule has 0 unspecified atom stereocenters. The van der Waals surface area contributed by atoms with E-state index in [1.54, 1.807) is 18.6 Å². The number of rotatable bonds is 5. The van der Waals surface area contributed by atoms with Gasteiger partial charge in [0.1, 0.15) is 11.6 Å². The Morgan fingerprint density at radius 3 is 2.92 bits per heavy atom. The molecule has 1 aliphatic rings. The van der Waals surface area contributed by atoms with Crippen LogP contribution in [0.15, 0.2) is 60.7 Å². The van der Waals surface area contributed by atoms with Crippen molar-refractivity contribution in [2.45, 2.75) is 13.3 Å². The molecule has 0 aromatic carbocycles. The lowest BCUT2D eigenvalue weighted by atomic mass is 10.1. The Morgan fingerprint density at radius 2 is 2.20 bits per heavy atom. The standard InChI is InChI=1S/C19H18N6/c1-14-13-24-19(23-11-8-15-6-2-4-9-21-15)25-18(14)16(12-20)17-7-3-5-10-22-17/h2-7,9-10,13,22H,8,11H2,1H3,(H,23,24,25)/b17-16-. The molecule has 3 heterocycles. The van der Waals surface area contributed by atoms with Gasteiger partial charge < -0.3 is 10.6 Å². The average molecular weight is 330 g/mol. The summed E-state index contributed by atoms with van der Waals surface area (Å²) in [6.45, 7) is 2.56. The highest BCUT2D eigenvalue weighted by atomic mass is 15.1. The first-order valence-corrected chi connectivity index (χ1v) is 8.00. The maximum atomic E-state index is 9.58.